The highest BCUT2D eigenvalue weighted by Gasteiger charge is 2.09. The first kappa shape index (κ1) is 14.6. The summed E-state index contributed by atoms with van der Waals surface area (Å²) >= 11 is 0. The summed E-state index contributed by atoms with van der Waals surface area (Å²) < 4.78 is 10.2. The standard InChI is InChI=1S/C16H16N2O3/c1-20-13-9-7-12(8-10-13)11-17-18-16(19)14-5-3-4-6-15(14)21-2/h3-11H,1-2H3,(H,18,19)/b17-11-. The lowest BCUT2D eigenvalue weighted by Gasteiger charge is -2.05. The summed E-state index contributed by atoms with van der Waals surface area (Å²) in [5.41, 5.74) is 3.76. The van der Waals surface area contributed by atoms with Gasteiger partial charge in [0.25, 0.3) is 5.91 Å². The second-order valence-corrected chi connectivity index (χ2v) is 4.17. The monoisotopic (exact) mass is 284 g/mol. The molecule has 5 nitrogen and oxygen atoms in total. The Hall–Kier alpha value is -2.82. The van der Waals surface area contributed by atoms with Crippen molar-refractivity contribution in [1.29, 1.82) is 0 Å². The van der Waals surface area contributed by atoms with Crippen LogP contribution in [0.25, 0.3) is 0 Å². The van der Waals surface area contributed by atoms with E-state index in [0.29, 0.717) is 11.3 Å². The van der Waals surface area contributed by atoms with E-state index in [1.807, 2.05) is 24.3 Å². The second-order valence-electron chi connectivity index (χ2n) is 4.17. The molecule has 0 spiro atoms. The molecular formula is C16H16N2O3. The predicted octanol–water partition coefficient (Wildman–Crippen LogP) is 2.47. The highest BCUT2D eigenvalue weighted by Crippen LogP contribution is 2.16. The van der Waals surface area contributed by atoms with Gasteiger partial charge in [-0.05, 0) is 42.0 Å². The molecule has 1 amide bonds. The summed E-state index contributed by atoms with van der Waals surface area (Å²) in [7, 11) is 3.13. The molecule has 0 unspecified atom stereocenters. The van der Waals surface area contributed by atoms with Gasteiger partial charge in [0.2, 0.25) is 0 Å². The van der Waals surface area contributed by atoms with E-state index >= 15 is 0 Å². The number of nitrogens with zero attached hydrogens (tertiary/aromatic N) is 1. The average Bonchev–Trinajstić information content (AvgIpc) is 2.55. The summed E-state index contributed by atoms with van der Waals surface area (Å²) in [4.78, 5) is 12.0. The van der Waals surface area contributed by atoms with Crippen molar-refractivity contribution in [3.05, 3.63) is 59.7 Å². The number of nitrogens with one attached hydrogen (secondary N) is 1. The van der Waals surface area contributed by atoms with Crippen molar-refractivity contribution in [1.82, 2.24) is 5.43 Å². The number of amides is 1. The molecule has 0 saturated carbocycles. The molecule has 0 aliphatic carbocycles. The number of benzene rings is 2. The number of methoxy groups -OCH3 is 2. The van der Waals surface area contributed by atoms with Gasteiger partial charge in [-0.15, -0.1) is 0 Å². The van der Waals surface area contributed by atoms with Crippen LogP contribution in [-0.2, 0) is 0 Å². The minimum absolute atomic E-state index is 0.322. The van der Waals surface area contributed by atoms with Crippen LogP contribution in [0, 0.1) is 0 Å². The minimum atomic E-state index is -0.322. The lowest BCUT2D eigenvalue weighted by atomic mass is 10.2. The van der Waals surface area contributed by atoms with E-state index in [-0.39, 0.29) is 5.91 Å². The van der Waals surface area contributed by atoms with Crippen LogP contribution in [0.2, 0.25) is 0 Å². The zero-order valence-corrected chi connectivity index (χ0v) is 11.9. The average molecular weight is 284 g/mol. The molecule has 0 aliphatic heterocycles. The van der Waals surface area contributed by atoms with Crippen molar-refractivity contribution in [3.63, 3.8) is 0 Å². The number of hydrogen-bond donors (Lipinski definition) is 1. The van der Waals surface area contributed by atoms with E-state index in [9.17, 15) is 4.79 Å². The third-order valence-electron chi connectivity index (χ3n) is 2.85. The number of carbonyl (C=O) groups excluding carboxylic acids is 1. The summed E-state index contributed by atoms with van der Waals surface area (Å²) in [6.07, 6.45) is 1.56. The number of ether oxygens (including phenoxy) is 2. The summed E-state index contributed by atoms with van der Waals surface area (Å²) in [6, 6.07) is 14.3. The zero-order chi connectivity index (χ0) is 15.1. The Kier molecular flexibility index (Phi) is 4.93. The molecule has 108 valence electrons. The van der Waals surface area contributed by atoms with E-state index in [0.717, 1.165) is 11.3 Å². The number of hydrazone groups is 1. The van der Waals surface area contributed by atoms with Crippen LogP contribution in [0.5, 0.6) is 11.5 Å². The molecule has 2 aromatic carbocycles. The summed E-state index contributed by atoms with van der Waals surface area (Å²) in [6.45, 7) is 0. The number of hydrogen-bond acceptors (Lipinski definition) is 4. The van der Waals surface area contributed by atoms with Gasteiger partial charge in [0.1, 0.15) is 11.5 Å². The molecule has 0 radical (unpaired) electrons. The summed E-state index contributed by atoms with van der Waals surface area (Å²) in [5.74, 6) is 0.956. The van der Waals surface area contributed by atoms with Crippen molar-refractivity contribution in [2.45, 2.75) is 0 Å². The molecular weight excluding hydrogens is 268 g/mol. The van der Waals surface area contributed by atoms with Crippen molar-refractivity contribution >= 4 is 12.1 Å². The van der Waals surface area contributed by atoms with Gasteiger partial charge < -0.3 is 9.47 Å². The van der Waals surface area contributed by atoms with Gasteiger partial charge in [0, 0.05) is 0 Å². The van der Waals surface area contributed by atoms with E-state index in [1.54, 1.807) is 37.6 Å². The highest BCUT2D eigenvalue weighted by molar-refractivity contribution is 5.97. The Bertz CT molecular complexity index is 636. The maximum atomic E-state index is 12.0. The molecule has 0 aromatic heterocycles. The van der Waals surface area contributed by atoms with Gasteiger partial charge in [0.15, 0.2) is 0 Å². The van der Waals surface area contributed by atoms with Crippen LogP contribution in [0.3, 0.4) is 0 Å². The fourth-order valence-electron chi connectivity index (χ4n) is 1.75. The van der Waals surface area contributed by atoms with E-state index in [4.69, 9.17) is 9.47 Å². The number of para-hydroxylation sites is 1. The van der Waals surface area contributed by atoms with E-state index in [2.05, 4.69) is 10.5 Å². The zero-order valence-electron chi connectivity index (χ0n) is 11.9. The molecule has 0 saturated heterocycles. The van der Waals surface area contributed by atoms with Crippen molar-refractivity contribution < 1.29 is 14.3 Å². The predicted molar refractivity (Wildman–Crippen MR) is 81.0 cm³/mol. The van der Waals surface area contributed by atoms with Gasteiger partial charge in [-0.2, -0.15) is 5.10 Å². The SMILES string of the molecule is COc1ccc(/C=N\NC(=O)c2ccccc2OC)cc1. The Labute approximate surface area is 123 Å². The number of rotatable bonds is 5. The lowest BCUT2D eigenvalue weighted by Crippen LogP contribution is -2.18. The summed E-state index contributed by atoms with van der Waals surface area (Å²) in [5, 5.41) is 3.93. The molecule has 2 rings (SSSR count). The molecule has 0 fully saturated rings. The van der Waals surface area contributed by atoms with E-state index in [1.165, 1.54) is 7.11 Å². The molecule has 0 aliphatic rings. The smallest absolute Gasteiger partial charge is 0.275 e. The minimum Gasteiger partial charge on any atom is -0.497 e. The first-order valence-electron chi connectivity index (χ1n) is 6.35. The second kappa shape index (κ2) is 7.09. The topological polar surface area (TPSA) is 59.9 Å². The molecule has 21 heavy (non-hydrogen) atoms. The van der Waals surface area contributed by atoms with Crippen LogP contribution in [-0.4, -0.2) is 26.3 Å². The number of carbonyl (C=O) groups is 1. The van der Waals surface area contributed by atoms with Gasteiger partial charge in [0.05, 0.1) is 26.0 Å². The van der Waals surface area contributed by atoms with Crippen LogP contribution in [0.1, 0.15) is 15.9 Å². The van der Waals surface area contributed by atoms with Crippen LogP contribution in [0.15, 0.2) is 53.6 Å². The van der Waals surface area contributed by atoms with Crippen molar-refractivity contribution in [2.75, 3.05) is 14.2 Å². The van der Waals surface area contributed by atoms with Gasteiger partial charge in [-0.25, -0.2) is 5.43 Å². The first-order chi connectivity index (χ1) is 10.2. The van der Waals surface area contributed by atoms with Crippen molar-refractivity contribution in [2.24, 2.45) is 5.10 Å². The molecule has 5 heteroatoms. The fraction of sp³-hybridized carbons (Fsp3) is 0.125. The molecule has 0 heterocycles. The lowest BCUT2D eigenvalue weighted by molar-refractivity contribution is 0.0952. The first-order valence-corrected chi connectivity index (χ1v) is 6.35. The maximum Gasteiger partial charge on any atom is 0.275 e. The Balaban J connectivity index is 2.01. The largest absolute Gasteiger partial charge is 0.497 e. The Morgan fingerprint density at radius 2 is 1.76 bits per heavy atom. The van der Waals surface area contributed by atoms with Gasteiger partial charge in [-0.1, -0.05) is 12.1 Å². The highest BCUT2D eigenvalue weighted by atomic mass is 16.5. The molecule has 0 bridgehead atoms. The van der Waals surface area contributed by atoms with Crippen LogP contribution in [0.4, 0.5) is 0 Å². The van der Waals surface area contributed by atoms with Gasteiger partial charge >= 0.3 is 0 Å². The Morgan fingerprint density at radius 1 is 1.05 bits per heavy atom. The molecule has 0 atom stereocenters. The fourth-order valence-corrected chi connectivity index (χ4v) is 1.75. The normalized spacial score (nSPS) is 10.4. The van der Waals surface area contributed by atoms with Crippen molar-refractivity contribution in [3.8, 4) is 11.5 Å². The van der Waals surface area contributed by atoms with Crippen LogP contribution < -0.4 is 14.9 Å². The Morgan fingerprint density at radius 3 is 2.43 bits per heavy atom. The van der Waals surface area contributed by atoms with Gasteiger partial charge in [-0.3, -0.25) is 4.79 Å². The quantitative estimate of drug-likeness (QED) is 0.677. The van der Waals surface area contributed by atoms with Crippen LogP contribution >= 0.6 is 0 Å². The third-order valence-corrected chi connectivity index (χ3v) is 2.85. The van der Waals surface area contributed by atoms with E-state index < -0.39 is 0 Å². The third kappa shape index (κ3) is 3.82. The molecule has 1 N–H and O–H groups in total. The maximum absolute atomic E-state index is 12.0. The molecule has 2 aromatic rings.